The van der Waals surface area contributed by atoms with Crippen molar-refractivity contribution in [3.63, 3.8) is 0 Å². The molecule has 5 heteroatoms. The lowest BCUT2D eigenvalue weighted by molar-refractivity contribution is -0.112. The van der Waals surface area contributed by atoms with E-state index in [1.54, 1.807) is 18.2 Å². The van der Waals surface area contributed by atoms with Gasteiger partial charge in [-0.2, -0.15) is 5.26 Å². The molecule has 0 spiro atoms. The Kier molecular flexibility index (Phi) is 6.21. The molecule has 0 bridgehead atoms. The molecule has 0 unspecified atom stereocenters. The van der Waals surface area contributed by atoms with Gasteiger partial charge in [0.05, 0.1) is 12.8 Å². The number of anilines is 1. The average molecular weight is 355 g/mol. The minimum atomic E-state index is -0.498. The maximum Gasteiger partial charge on any atom is 0.266 e. The number of hydrogen-bond donors (Lipinski definition) is 1. The van der Waals surface area contributed by atoms with Crippen LogP contribution >= 0.6 is 11.6 Å². The Labute approximate surface area is 152 Å². The average Bonchev–Trinajstić information content (AvgIpc) is 2.62. The number of nitriles is 1. The van der Waals surface area contributed by atoms with Crippen LogP contribution in [0.2, 0.25) is 5.02 Å². The lowest BCUT2D eigenvalue weighted by atomic mass is 10.1. The van der Waals surface area contributed by atoms with E-state index in [4.69, 9.17) is 16.3 Å². The van der Waals surface area contributed by atoms with Gasteiger partial charge < -0.3 is 10.1 Å². The van der Waals surface area contributed by atoms with E-state index < -0.39 is 5.91 Å². The third-order valence-corrected chi connectivity index (χ3v) is 4.20. The summed E-state index contributed by atoms with van der Waals surface area (Å²) < 4.78 is 5.24. The highest BCUT2D eigenvalue weighted by Crippen LogP contribution is 2.31. The van der Waals surface area contributed by atoms with E-state index in [0.717, 1.165) is 17.5 Å². The van der Waals surface area contributed by atoms with Crippen LogP contribution < -0.4 is 10.1 Å². The van der Waals surface area contributed by atoms with E-state index in [-0.39, 0.29) is 5.57 Å². The quantitative estimate of drug-likeness (QED) is 0.621. The largest absolute Gasteiger partial charge is 0.495 e. The first-order valence-corrected chi connectivity index (χ1v) is 8.22. The molecule has 1 amide bonds. The molecule has 0 heterocycles. The molecule has 4 nitrogen and oxygen atoms in total. The molecular formula is C20H19ClN2O2. The van der Waals surface area contributed by atoms with Gasteiger partial charge in [0.2, 0.25) is 0 Å². The number of hydrogen-bond acceptors (Lipinski definition) is 3. The normalized spacial score (nSPS) is 10.9. The van der Waals surface area contributed by atoms with Crippen molar-refractivity contribution < 1.29 is 9.53 Å². The van der Waals surface area contributed by atoms with Gasteiger partial charge in [-0.25, -0.2) is 0 Å². The Balaban J connectivity index is 2.27. The zero-order chi connectivity index (χ0) is 18.4. The maximum atomic E-state index is 12.4. The molecular weight excluding hydrogens is 336 g/mol. The molecule has 128 valence electrons. The number of rotatable bonds is 5. The van der Waals surface area contributed by atoms with Crippen LogP contribution in [0.4, 0.5) is 5.69 Å². The first kappa shape index (κ1) is 18.6. The van der Waals surface area contributed by atoms with Crippen LogP contribution in [0, 0.1) is 18.3 Å². The molecule has 2 rings (SSSR count). The van der Waals surface area contributed by atoms with Crippen LogP contribution in [0.25, 0.3) is 6.08 Å². The number of nitrogens with zero attached hydrogens (tertiary/aromatic N) is 1. The summed E-state index contributed by atoms with van der Waals surface area (Å²) in [5, 5.41) is 12.6. The number of carbonyl (C=O) groups excluding carboxylic acids is 1. The highest BCUT2D eigenvalue weighted by molar-refractivity contribution is 6.31. The molecule has 0 fully saturated rings. The summed E-state index contributed by atoms with van der Waals surface area (Å²) in [5.41, 5.74) is 3.27. The Morgan fingerprint density at radius 3 is 2.56 bits per heavy atom. The van der Waals surface area contributed by atoms with Crippen molar-refractivity contribution in [2.75, 3.05) is 12.4 Å². The number of aryl methyl sites for hydroxylation is 2. The predicted molar refractivity (Wildman–Crippen MR) is 101 cm³/mol. The topological polar surface area (TPSA) is 62.1 Å². The second-order valence-corrected chi connectivity index (χ2v) is 5.93. The Bertz CT molecular complexity index is 849. The molecule has 0 aliphatic heterocycles. The van der Waals surface area contributed by atoms with Gasteiger partial charge in [-0.15, -0.1) is 0 Å². The summed E-state index contributed by atoms with van der Waals surface area (Å²) in [6, 6.07) is 13.0. The Morgan fingerprint density at radius 2 is 2.00 bits per heavy atom. The smallest absolute Gasteiger partial charge is 0.266 e. The Morgan fingerprint density at radius 1 is 1.32 bits per heavy atom. The molecule has 0 aliphatic rings. The number of benzene rings is 2. The molecule has 0 atom stereocenters. The van der Waals surface area contributed by atoms with Gasteiger partial charge in [-0.3, -0.25) is 4.79 Å². The van der Waals surface area contributed by atoms with Gasteiger partial charge in [0.1, 0.15) is 17.4 Å². The Hall–Kier alpha value is -2.77. The van der Waals surface area contributed by atoms with Gasteiger partial charge in [-0.1, -0.05) is 42.8 Å². The molecule has 0 aliphatic carbocycles. The second-order valence-electron chi connectivity index (χ2n) is 5.52. The number of halogens is 1. The molecule has 0 saturated heterocycles. The van der Waals surface area contributed by atoms with E-state index in [1.165, 1.54) is 12.7 Å². The molecule has 0 aromatic heterocycles. The summed E-state index contributed by atoms with van der Waals surface area (Å²) in [6.07, 6.45) is 2.50. The van der Waals surface area contributed by atoms with Gasteiger partial charge in [0, 0.05) is 11.1 Å². The first-order chi connectivity index (χ1) is 12.0. The summed E-state index contributed by atoms with van der Waals surface area (Å²) in [4.78, 5) is 12.4. The fourth-order valence-corrected chi connectivity index (χ4v) is 2.44. The predicted octanol–water partition coefficient (Wildman–Crippen LogP) is 4.77. The summed E-state index contributed by atoms with van der Waals surface area (Å²) in [7, 11) is 1.49. The van der Waals surface area contributed by atoms with Crippen molar-refractivity contribution in [1.82, 2.24) is 0 Å². The number of ether oxygens (including phenoxy) is 1. The standard InChI is InChI=1S/C20H19ClN2O2/c1-4-14-5-7-15(8-6-14)10-16(12-22)20(24)23-18-9-13(2)17(21)11-19(18)25-3/h5-11H,4H2,1-3H3,(H,23,24). The summed E-state index contributed by atoms with van der Waals surface area (Å²) in [6.45, 7) is 3.90. The first-order valence-electron chi connectivity index (χ1n) is 7.84. The fourth-order valence-electron chi connectivity index (χ4n) is 2.28. The van der Waals surface area contributed by atoms with Crippen LogP contribution in [0.1, 0.15) is 23.6 Å². The van der Waals surface area contributed by atoms with E-state index >= 15 is 0 Å². The molecule has 2 aromatic carbocycles. The molecule has 0 saturated carbocycles. The summed E-state index contributed by atoms with van der Waals surface area (Å²) in [5.74, 6) is -0.0596. The monoisotopic (exact) mass is 354 g/mol. The van der Waals surface area contributed by atoms with Crippen molar-refractivity contribution in [2.45, 2.75) is 20.3 Å². The van der Waals surface area contributed by atoms with Crippen molar-refractivity contribution in [1.29, 1.82) is 5.26 Å². The number of carbonyl (C=O) groups is 1. The third kappa shape index (κ3) is 4.62. The van der Waals surface area contributed by atoms with Gasteiger partial charge in [0.25, 0.3) is 5.91 Å². The van der Waals surface area contributed by atoms with E-state index in [9.17, 15) is 10.1 Å². The SMILES string of the molecule is CCc1ccc(C=C(C#N)C(=O)Nc2cc(C)c(Cl)cc2OC)cc1. The lowest BCUT2D eigenvalue weighted by Gasteiger charge is -2.12. The van der Waals surface area contributed by atoms with Crippen molar-refractivity contribution >= 4 is 29.3 Å². The van der Waals surface area contributed by atoms with Crippen molar-refractivity contribution in [2.24, 2.45) is 0 Å². The zero-order valence-electron chi connectivity index (χ0n) is 14.4. The highest BCUT2D eigenvalue weighted by Gasteiger charge is 2.14. The number of amides is 1. The lowest BCUT2D eigenvalue weighted by Crippen LogP contribution is -2.14. The molecule has 1 N–H and O–H groups in total. The molecule has 0 radical (unpaired) electrons. The number of nitrogens with one attached hydrogen (secondary N) is 1. The van der Waals surface area contributed by atoms with Crippen LogP contribution in [0.3, 0.4) is 0 Å². The summed E-state index contributed by atoms with van der Waals surface area (Å²) >= 11 is 6.07. The molecule has 2 aromatic rings. The fraction of sp³-hybridized carbons (Fsp3) is 0.200. The van der Waals surface area contributed by atoms with Crippen LogP contribution in [-0.4, -0.2) is 13.0 Å². The number of methoxy groups -OCH3 is 1. The minimum Gasteiger partial charge on any atom is -0.495 e. The van der Waals surface area contributed by atoms with Gasteiger partial charge >= 0.3 is 0 Å². The van der Waals surface area contributed by atoms with E-state index in [2.05, 4.69) is 12.2 Å². The van der Waals surface area contributed by atoms with Crippen LogP contribution in [-0.2, 0) is 11.2 Å². The van der Waals surface area contributed by atoms with Gasteiger partial charge in [0.15, 0.2) is 0 Å². The van der Waals surface area contributed by atoms with Crippen LogP contribution in [0.15, 0.2) is 42.0 Å². The highest BCUT2D eigenvalue weighted by atomic mass is 35.5. The van der Waals surface area contributed by atoms with E-state index in [1.807, 2.05) is 37.3 Å². The van der Waals surface area contributed by atoms with Crippen molar-refractivity contribution in [3.8, 4) is 11.8 Å². The van der Waals surface area contributed by atoms with Crippen molar-refractivity contribution in [3.05, 3.63) is 63.7 Å². The minimum absolute atomic E-state index is 0.0129. The second kappa shape index (κ2) is 8.36. The molecule has 25 heavy (non-hydrogen) atoms. The maximum absolute atomic E-state index is 12.4. The zero-order valence-corrected chi connectivity index (χ0v) is 15.1. The third-order valence-electron chi connectivity index (χ3n) is 3.79. The van der Waals surface area contributed by atoms with Crippen LogP contribution in [0.5, 0.6) is 5.75 Å². The van der Waals surface area contributed by atoms with Gasteiger partial charge in [-0.05, 0) is 42.2 Å². The van der Waals surface area contributed by atoms with E-state index in [0.29, 0.717) is 16.5 Å².